The van der Waals surface area contributed by atoms with Gasteiger partial charge < -0.3 is 0 Å². The van der Waals surface area contributed by atoms with E-state index < -0.39 is 0 Å². The molecule has 0 aromatic heterocycles. The SMILES string of the molecule is Cc1cccc(CC(Br)c2cccc(C)c2F)c1. The molecule has 0 nitrogen and oxygen atoms in total. The van der Waals surface area contributed by atoms with E-state index in [1.807, 2.05) is 18.2 Å². The van der Waals surface area contributed by atoms with Crippen molar-refractivity contribution in [2.45, 2.75) is 25.1 Å². The second kappa shape index (κ2) is 5.66. The molecule has 2 aromatic carbocycles. The lowest BCUT2D eigenvalue weighted by Crippen LogP contribution is -2.00. The van der Waals surface area contributed by atoms with Crippen molar-refractivity contribution in [2.75, 3.05) is 0 Å². The molecule has 1 unspecified atom stereocenters. The van der Waals surface area contributed by atoms with Gasteiger partial charge in [-0.05, 0) is 31.4 Å². The molecule has 0 fully saturated rings. The topological polar surface area (TPSA) is 0 Å². The molecule has 0 aliphatic carbocycles. The third-order valence-corrected chi connectivity index (χ3v) is 3.87. The smallest absolute Gasteiger partial charge is 0.130 e. The van der Waals surface area contributed by atoms with Crippen molar-refractivity contribution in [3.8, 4) is 0 Å². The quantitative estimate of drug-likeness (QED) is 0.690. The molecule has 0 aliphatic rings. The van der Waals surface area contributed by atoms with Gasteiger partial charge >= 0.3 is 0 Å². The molecule has 0 saturated heterocycles. The van der Waals surface area contributed by atoms with E-state index in [1.54, 1.807) is 13.0 Å². The van der Waals surface area contributed by atoms with E-state index in [2.05, 4.69) is 41.1 Å². The molecule has 1 atom stereocenters. The van der Waals surface area contributed by atoms with Gasteiger partial charge in [0.15, 0.2) is 0 Å². The predicted molar refractivity (Wildman–Crippen MR) is 77.7 cm³/mol. The average Bonchev–Trinajstić information content (AvgIpc) is 2.32. The highest BCUT2D eigenvalue weighted by molar-refractivity contribution is 9.09. The molecule has 0 radical (unpaired) electrons. The minimum Gasteiger partial charge on any atom is -0.206 e. The van der Waals surface area contributed by atoms with Gasteiger partial charge in [-0.1, -0.05) is 64.0 Å². The number of alkyl halides is 1. The first-order valence-corrected chi connectivity index (χ1v) is 6.94. The normalized spacial score (nSPS) is 12.4. The third kappa shape index (κ3) is 2.99. The van der Waals surface area contributed by atoms with E-state index in [0.29, 0.717) is 5.56 Å². The van der Waals surface area contributed by atoms with Crippen LogP contribution in [-0.2, 0) is 6.42 Å². The van der Waals surface area contributed by atoms with Gasteiger partial charge in [-0.2, -0.15) is 0 Å². The number of benzene rings is 2. The Morgan fingerprint density at radius 1 is 1.11 bits per heavy atom. The van der Waals surface area contributed by atoms with Crippen molar-refractivity contribution in [2.24, 2.45) is 0 Å². The minimum absolute atomic E-state index is 0.0131. The zero-order valence-electron chi connectivity index (χ0n) is 10.6. The van der Waals surface area contributed by atoms with E-state index in [-0.39, 0.29) is 10.6 Å². The predicted octanol–water partition coefficient (Wildman–Crippen LogP) is 5.12. The van der Waals surface area contributed by atoms with Gasteiger partial charge in [0.25, 0.3) is 0 Å². The van der Waals surface area contributed by atoms with Crippen molar-refractivity contribution < 1.29 is 4.39 Å². The molecule has 2 heteroatoms. The van der Waals surface area contributed by atoms with Crippen molar-refractivity contribution in [1.82, 2.24) is 0 Å². The Kier molecular flexibility index (Phi) is 4.18. The molecule has 0 heterocycles. The van der Waals surface area contributed by atoms with Gasteiger partial charge in [-0.3, -0.25) is 0 Å². The summed E-state index contributed by atoms with van der Waals surface area (Å²) in [6.45, 7) is 3.87. The van der Waals surface area contributed by atoms with E-state index in [0.717, 1.165) is 12.0 Å². The Bertz CT molecular complexity index is 549. The lowest BCUT2D eigenvalue weighted by Gasteiger charge is -2.13. The summed E-state index contributed by atoms with van der Waals surface area (Å²) in [4.78, 5) is 0.0131. The monoisotopic (exact) mass is 306 g/mol. The highest BCUT2D eigenvalue weighted by Crippen LogP contribution is 2.30. The van der Waals surface area contributed by atoms with E-state index in [9.17, 15) is 4.39 Å². The summed E-state index contributed by atoms with van der Waals surface area (Å²) in [6, 6.07) is 13.9. The van der Waals surface area contributed by atoms with Crippen molar-refractivity contribution in [1.29, 1.82) is 0 Å². The van der Waals surface area contributed by atoms with Crippen LogP contribution in [0.4, 0.5) is 4.39 Å². The van der Waals surface area contributed by atoms with Gasteiger partial charge in [0.2, 0.25) is 0 Å². The lowest BCUT2D eigenvalue weighted by molar-refractivity contribution is 0.599. The van der Waals surface area contributed by atoms with Crippen LogP contribution in [0.1, 0.15) is 27.1 Å². The highest BCUT2D eigenvalue weighted by Gasteiger charge is 2.14. The molecule has 18 heavy (non-hydrogen) atoms. The molecule has 94 valence electrons. The summed E-state index contributed by atoms with van der Waals surface area (Å²) in [5.41, 5.74) is 3.88. The second-order valence-electron chi connectivity index (χ2n) is 4.64. The van der Waals surface area contributed by atoms with E-state index in [4.69, 9.17) is 0 Å². The minimum atomic E-state index is -0.105. The number of hydrogen-bond donors (Lipinski definition) is 0. The maximum atomic E-state index is 14.0. The number of halogens is 2. The average molecular weight is 307 g/mol. The summed E-state index contributed by atoms with van der Waals surface area (Å²) < 4.78 is 14.0. The van der Waals surface area contributed by atoms with Crippen LogP contribution in [-0.4, -0.2) is 0 Å². The molecule has 0 spiro atoms. The molecule has 0 aliphatic heterocycles. The fraction of sp³-hybridized carbons (Fsp3) is 0.250. The van der Waals surface area contributed by atoms with Crippen LogP contribution in [0.5, 0.6) is 0 Å². The van der Waals surface area contributed by atoms with Crippen LogP contribution < -0.4 is 0 Å². The first kappa shape index (κ1) is 13.3. The Balaban J connectivity index is 2.22. The molecule has 0 bridgehead atoms. The lowest BCUT2D eigenvalue weighted by atomic mass is 10.0. The Labute approximate surface area is 116 Å². The van der Waals surface area contributed by atoms with Crippen molar-refractivity contribution >= 4 is 15.9 Å². The van der Waals surface area contributed by atoms with Gasteiger partial charge in [0.05, 0.1) is 0 Å². The van der Waals surface area contributed by atoms with Crippen LogP contribution in [0.3, 0.4) is 0 Å². The van der Waals surface area contributed by atoms with Crippen molar-refractivity contribution in [3.63, 3.8) is 0 Å². The summed E-state index contributed by atoms with van der Waals surface area (Å²) in [6.07, 6.45) is 0.794. The zero-order chi connectivity index (χ0) is 13.1. The molecular formula is C16H16BrF. The molecule has 2 aromatic rings. The zero-order valence-corrected chi connectivity index (χ0v) is 12.2. The van der Waals surface area contributed by atoms with Gasteiger partial charge in [0, 0.05) is 10.4 Å². The first-order chi connectivity index (χ1) is 8.58. The Morgan fingerprint density at radius 3 is 2.56 bits per heavy atom. The van der Waals surface area contributed by atoms with Crippen LogP contribution in [0, 0.1) is 19.7 Å². The van der Waals surface area contributed by atoms with E-state index >= 15 is 0 Å². The first-order valence-electron chi connectivity index (χ1n) is 6.02. The fourth-order valence-electron chi connectivity index (χ4n) is 2.07. The number of rotatable bonds is 3. The second-order valence-corrected chi connectivity index (χ2v) is 5.74. The molecule has 0 amide bonds. The van der Waals surface area contributed by atoms with Gasteiger partial charge in [-0.15, -0.1) is 0 Å². The number of aryl methyl sites for hydroxylation is 2. The van der Waals surface area contributed by atoms with Crippen LogP contribution in [0.25, 0.3) is 0 Å². The highest BCUT2D eigenvalue weighted by atomic mass is 79.9. The van der Waals surface area contributed by atoms with E-state index in [1.165, 1.54) is 11.1 Å². The molecule has 0 saturated carbocycles. The van der Waals surface area contributed by atoms with Crippen molar-refractivity contribution in [3.05, 3.63) is 70.5 Å². The largest absolute Gasteiger partial charge is 0.206 e. The van der Waals surface area contributed by atoms with Gasteiger partial charge in [0.1, 0.15) is 5.82 Å². The summed E-state index contributed by atoms with van der Waals surface area (Å²) in [7, 11) is 0. The maximum absolute atomic E-state index is 14.0. The molecule has 0 N–H and O–H groups in total. The Morgan fingerprint density at radius 2 is 1.83 bits per heavy atom. The molecular weight excluding hydrogens is 291 g/mol. The van der Waals surface area contributed by atoms with Gasteiger partial charge in [-0.25, -0.2) is 4.39 Å². The summed E-state index contributed by atoms with van der Waals surface area (Å²) in [5.74, 6) is -0.105. The van der Waals surface area contributed by atoms with Crippen LogP contribution >= 0.6 is 15.9 Å². The van der Waals surface area contributed by atoms with Crippen LogP contribution in [0.15, 0.2) is 42.5 Å². The van der Waals surface area contributed by atoms with Crippen LogP contribution in [0.2, 0.25) is 0 Å². The fourth-order valence-corrected chi connectivity index (χ4v) is 2.80. The molecule has 2 rings (SSSR count). The standard InChI is InChI=1S/C16H16BrF/c1-11-5-3-7-13(9-11)10-15(17)14-8-4-6-12(2)16(14)18/h3-9,15H,10H2,1-2H3. The Hall–Kier alpha value is -1.15. The maximum Gasteiger partial charge on any atom is 0.130 e. The third-order valence-electron chi connectivity index (χ3n) is 3.06. The summed E-state index contributed by atoms with van der Waals surface area (Å²) in [5, 5.41) is 0. The summed E-state index contributed by atoms with van der Waals surface area (Å²) >= 11 is 3.59. The number of hydrogen-bond acceptors (Lipinski definition) is 0.